The molecule has 0 amide bonds. The van der Waals surface area contributed by atoms with E-state index in [1.807, 2.05) is 24.7 Å². The monoisotopic (exact) mass is 461 g/mol. The minimum Gasteiger partial charge on any atom is -0.307 e. The van der Waals surface area contributed by atoms with Crippen molar-refractivity contribution in [2.45, 2.75) is 0 Å². The van der Waals surface area contributed by atoms with E-state index in [-0.39, 0.29) is 0 Å². The van der Waals surface area contributed by atoms with Crippen molar-refractivity contribution in [3.8, 4) is 11.4 Å². The Morgan fingerprint density at radius 3 is 1.89 bits per heavy atom. The fourth-order valence-electron chi connectivity index (χ4n) is 5.75. The molecule has 0 N–H and O–H groups in total. The summed E-state index contributed by atoms with van der Waals surface area (Å²) in [5.41, 5.74) is 7.63. The topological polar surface area (TPSA) is 48.5 Å². The van der Waals surface area contributed by atoms with Crippen LogP contribution < -0.4 is 0 Å². The van der Waals surface area contributed by atoms with E-state index in [9.17, 15) is 0 Å². The van der Waals surface area contributed by atoms with Crippen LogP contribution in [-0.2, 0) is 0 Å². The van der Waals surface area contributed by atoms with Gasteiger partial charge in [0, 0.05) is 45.0 Å². The van der Waals surface area contributed by atoms with Crippen LogP contribution in [0.2, 0.25) is 0 Å². The van der Waals surface area contributed by atoms with Crippen molar-refractivity contribution in [1.29, 1.82) is 0 Å². The van der Waals surface area contributed by atoms with E-state index in [2.05, 4.69) is 104 Å². The van der Waals surface area contributed by atoms with E-state index in [0.717, 1.165) is 55.1 Å². The third-order valence-electron chi connectivity index (χ3n) is 7.11. The molecule has 0 bridgehead atoms. The van der Waals surface area contributed by atoms with Gasteiger partial charge in [-0.3, -0.25) is 4.98 Å². The fraction of sp³-hybridized carbons (Fsp3) is 0. The maximum atomic E-state index is 4.86. The predicted octanol–water partition coefficient (Wildman–Crippen LogP) is 7.22. The van der Waals surface area contributed by atoms with Gasteiger partial charge in [0.1, 0.15) is 6.33 Å². The molecule has 0 atom stereocenters. The van der Waals surface area contributed by atoms with Gasteiger partial charge in [-0.05, 0) is 36.4 Å². The summed E-state index contributed by atoms with van der Waals surface area (Å²) in [6.07, 6.45) is 7.36. The number of hydrogen-bond acceptors (Lipinski definition) is 3. The molecule has 5 heteroatoms. The average Bonchev–Trinajstić information content (AvgIpc) is 3.48. The first-order chi connectivity index (χ1) is 17.9. The zero-order chi connectivity index (χ0) is 23.6. The molecule has 4 aromatic carbocycles. The van der Waals surface area contributed by atoms with E-state index in [4.69, 9.17) is 4.98 Å². The summed E-state index contributed by atoms with van der Waals surface area (Å²) in [6, 6.07) is 31.8. The lowest BCUT2D eigenvalue weighted by Crippen LogP contribution is -1.99. The van der Waals surface area contributed by atoms with E-state index in [1.54, 1.807) is 6.33 Å². The zero-order valence-corrected chi connectivity index (χ0v) is 19.2. The summed E-state index contributed by atoms with van der Waals surface area (Å²) in [5, 5.41) is 5.67. The number of para-hydroxylation sites is 3. The molecule has 5 nitrogen and oxygen atoms in total. The molecule has 0 spiro atoms. The molecular formula is C31H19N5. The smallest absolute Gasteiger partial charge is 0.116 e. The molecule has 0 saturated carbocycles. The highest BCUT2D eigenvalue weighted by atomic mass is 15.1. The van der Waals surface area contributed by atoms with Gasteiger partial charge in [-0.1, -0.05) is 54.6 Å². The molecule has 4 heterocycles. The molecule has 0 aliphatic carbocycles. The second-order valence-corrected chi connectivity index (χ2v) is 8.98. The molecule has 168 valence electrons. The Hall–Kier alpha value is -5.03. The van der Waals surface area contributed by atoms with Crippen molar-refractivity contribution in [2.75, 3.05) is 0 Å². The highest BCUT2D eigenvalue weighted by molar-refractivity contribution is 6.35. The van der Waals surface area contributed by atoms with Gasteiger partial charge in [0.15, 0.2) is 0 Å². The van der Waals surface area contributed by atoms with Crippen LogP contribution in [0.15, 0.2) is 116 Å². The van der Waals surface area contributed by atoms with Gasteiger partial charge in [0.25, 0.3) is 0 Å². The Balaban J connectivity index is 1.79. The first-order valence-corrected chi connectivity index (χ1v) is 12.0. The molecule has 4 aromatic heterocycles. The maximum absolute atomic E-state index is 4.86. The Morgan fingerprint density at radius 2 is 1.14 bits per heavy atom. The first kappa shape index (κ1) is 19.3. The van der Waals surface area contributed by atoms with Gasteiger partial charge in [-0.2, -0.15) is 0 Å². The van der Waals surface area contributed by atoms with Crippen LogP contribution in [0, 0.1) is 0 Å². The first-order valence-electron chi connectivity index (χ1n) is 12.0. The average molecular weight is 462 g/mol. The van der Waals surface area contributed by atoms with Crippen LogP contribution in [0.3, 0.4) is 0 Å². The largest absolute Gasteiger partial charge is 0.307 e. The van der Waals surface area contributed by atoms with Gasteiger partial charge in [-0.15, -0.1) is 0 Å². The van der Waals surface area contributed by atoms with Crippen molar-refractivity contribution >= 4 is 54.5 Å². The normalized spacial score (nSPS) is 11.9. The molecule has 0 fully saturated rings. The highest BCUT2D eigenvalue weighted by Crippen LogP contribution is 2.45. The quantitative estimate of drug-likeness (QED) is 0.273. The number of pyridine rings is 1. The summed E-state index contributed by atoms with van der Waals surface area (Å²) < 4.78 is 4.71. The Kier molecular flexibility index (Phi) is 3.88. The van der Waals surface area contributed by atoms with Crippen molar-refractivity contribution in [3.05, 3.63) is 116 Å². The van der Waals surface area contributed by atoms with E-state index in [0.29, 0.717) is 0 Å². The fourth-order valence-corrected chi connectivity index (χ4v) is 5.75. The van der Waals surface area contributed by atoms with Crippen LogP contribution in [-0.4, -0.2) is 24.1 Å². The van der Waals surface area contributed by atoms with Crippen molar-refractivity contribution < 1.29 is 0 Å². The molecule has 0 aliphatic rings. The molecule has 8 rings (SSSR count). The van der Waals surface area contributed by atoms with Gasteiger partial charge in [0.05, 0.1) is 39.5 Å². The summed E-state index contributed by atoms with van der Waals surface area (Å²) in [4.78, 5) is 13.8. The van der Waals surface area contributed by atoms with Crippen LogP contribution in [0.5, 0.6) is 0 Å². The number of fused-ring (bicyclic) bond motifs is 10. The summed E-state index contributed by atoms with van der Waals surface area (Å²) in [7, 11) is 0. The van der Waals surface area contributed by atoms with Gasteiger partial charge < -0.3 is 9.13 Å². The molecule has 0 unspecified atom stereocenters. The SMILES string of the molecule is c1ccc(-n2c3ccccc3c3c4ncncc4c4c5ccccc5n(-c5cccnc5)c4c32)cc1. The minimum absolute atomic E-state index is 0.965. The van der Waals surface area contributed by atoms with Crippen LogP contribution in [0.4, 0.5) is 0 Å². The van der Waals surface area contributed by atoms with Crippen LogP contribution in [0.25, 0.3) is 65.9 Å². The standard InChI is InChI=1S/C31H19N5/c1-2-9-20(10-3-1)35-26-15-7-5-13-23(26)28-29-24(18-33-19-34-29)27-22-12-4-6-14-25(22)36(30(27)31(28)35)21-11-8-16-32-17-21/h1-19H. The summed E-state index contributed by atoms with van der Waals surface area (Å²) in [6.45, 7) is 0. The Labute approximate surface area is 205 Å². The molecule has 0 radical (unpaired) electrons. The number of hydrogen-bond donors (Lipinski definition) is 0. The number of rotatable bonds is 2. The second-order valence-electron chi connectivity index (χ2n) is 8.98. The number of aromatic nitrogens is 5. The maximum Gasteiger partial charge on any atom is 0.116 e. The third kappa shape index (κ3) is 2.46. The summed E-state index contributed by atoms with van der Waals surface area (Å²) >= 11 is 0. The predicted molar refractivity (Wildman–Crippen MR) is 146 cm³/mol. The Bertz CT molecular complexity index is 1930. The van der Waals surface area contributed by atoms with E-state index < -0.39 is 0 Å². The molecule has 8 aromatic rings. The lowest BCUT2D eigenvalue weighted by atomic mass is 10.0. The summed E-state index contributed by atoms with van der Waals surface area (Å²) in [5.74, 6) is 0. The lowest BCUT2D eigenvalue weighted by Gasteiger charge is -2.13. The van der Waals surface area contributed by atoms with Crippen molar-refractivity contribution in [1.82, 2.24) is 24.1 Å². The highest BCUT2D eigenvalue weighted by Gasteiger charge is 2.24. The second kappa shape index (κ2) is 7.23. The van der Waals surface area contributed by atoms with Crippen LogP contribution in [0.1, 0.15) is 0 Å². The van der Waals surface area contributed by atoms with Crippen molar-refractivity contribution in [2.24, 2.45) is 0 Å². The van der Waals surface area contributed by atoms with E-state index >= 15 is 0 Å². The lowest BCUT2D eigenvalue weighted by molar-refractivity contribution is 1.13. The molecular weight excluding hydrogens is 442 g/mol. The zero-order valence-electron chi connectivity index (χ0n) is 19.2. The molecule has 0 aliphatic heterocycles. The third-order valence-corrected chi connectivity index (χ3v) is 7.11. The van der Waals surface area contributed by atoms with Gasteiger partial charge in [-0.25, -0.2) is 9.97 Å². The number of nitrogens with zero attached hydrogens (tertiary/aromatic N) is 5. The van der Waals surface area contributed by atoms with Crippen LogP contribution >= 0.6 is 0 Å². The van der Waals surface area contributed by atoms with Gasteiger partial charge >= 0.3 is 0 Å². The van der Waals surface area contributed by atoms with Gasteiger partial charge in [0.2, 0.25) is 0 Å². The Morgan fingerprint density at radius 1 is 0.500 bits per heavy atom. The minimum atomic E-state index is 0.965. The number of benzene rings is 4. The molecule has 0 saturated heterocycles. The van der Waals surface area contributed by atoms with E-state index in [1.165, 1.54) is 10.8 Å². The van der Waals surface area contributed by atoms with Crippen molar-refractivity contribution in [3.63, 3.8) is 0 Å². The molecule has 36 heavy (non-hydrogen) atoms.